The van der Waals surface area contributed by atoms with Crippen LogP contribution in [-0.4, -0.2) is 46.5 Å². The zero-order valence-corrected chi connectivity index (χ0v) is 17.9. The Bertz CT molecular complexity index is 1260. The normalized spacial score (nSPS) is 18.3. The van der Waals surface area contributed by atoms with Crippen LogP contribution in [0.2, 0.25) is 0 Å². The Morgan fingerprint density at radius 3 is 2.97 bits per heavy atom. The van der Waals surface area contributed by atoms with Crippen LogP contribution in [-0.2, 0) is 34.1 Å². The van der Waals surface area contributed by atoms with Gasteiger partial charge < -0.3 is 14.6 Å². The van der Waals surface area contributed by atoms with Crippen molar-refractivity contribution in [2.75, 3.05) is 12.9 Å². The molecule has 0 radical (unpaired) electrons. The summed E-state index contributed by atoms with van der Waals surface area (Å²) in [4.78, 5) is 17.5. The number of nitrogens with zero attached hydrogens (tertiary/aromatic N) is 4. The third-order valence-corrected chi connectivity index (χ3v) is 6.93. The van der Waals surface area contributed by atoms with Crippen molar-refractivity contribution in [2.45, 2.75) is 43.4 Å². The highest BCUT2D eigenvalue weighted by atomic mass is 32.2. The third-order valence-electron chi connectivity index (χ3n) is 5.82. The number of benzene rings is 1. The molecule has 1 amide bonds. The van der Waals surface area contributed by atoms with Gasteiger partial charge in [0.1, 0.15) is 5.69 Å². The largest absolute Gasteiger partial charge is 0.373 e. The number of hydrogen-bond donors (Lipinski definition) is 1. The Labute approximate surface area is 180 Å². The number of nitrogens with one attached hydrogen (secondary N) is 1. The standard InChI is InChI=1S/C21H23N5O4S/c1-31(28,29)15-6-4-5-14(9-15)26-19-12-30-11-17(16(19)10-23-26)24-21(27)20-18-7-2-3-8-25(18)13-22-20/h4-6,9-10,13,17H,2-3,7-8,11-12H2,1H3,(H,24,27)/t17-/m0/s1. The van der Waals surface area contributed by atoms with E-state index in [1.807, 2.05) is 4.57 Å². The SMILES string of the molecule is CS(=O)(=O)c1cccc(-n2ncc3c2COC[C@@H]3NC(=O)c2ncn3c2CCCC3)c1. The third kappa shape index (κ3) is 3.66. The highest BCUT2D eigenvalue weighted by Crippen LogP contribution is 2.28. The number of ether oxygens (including phenoxy) is 1. The van der Waals surface area contributed by atoms with Crippen molar-refractivity contribution in [3.63, 3.8) is 0 Å². The smallest absolute Gasteiger partial charge is 0.272 e. The average molecular weight is 442 g/mol. The van der Waals surface area contributed by atoms with Crippen LogP contribution in [0.3, 0.4) is 0 Å². The molecule has 1 atom stereocenters. The number of imidazole rings is 1. The number of hydrogen-bond acceptors (Lipinski definition) is 6. The molecule has 1 aromatic carbocycles. The highest BCUT2D eigenvalue weighted by molar-refractivity contribution is 7.90. The van der Waals surface area contributed by atoms with Crippen molar-refractivity contribution >= 4 is 15.7 Å². The second kappa shape index (κ2) is 7.61. The quantitative estimate of drug-likeness (QED) is 0.662. The molecule has 0 aliphatic carbocycles. The van der Waals surface area contributed by atoms with Gasteiger partial charge in [0.05, 0.1) is 53.8 Å². The summed E-state index contributed by atoms with van der Waals surface area (Å²) in [7, 11) is -3.34. The number of fused-ring (bicyclic) bond motifs is 2. The molecule has 2 aromatic heterocycles. The molecule has 4 heterocycles. The van der Waals surface area contributed by atoms with E-state index in [1.54, 1.807) is 41.5 Å². The fourth-order valence-electron chi connectivity index (χ4n) is 4.23. The van der Waals surface area contributed by atoms with E-state index in [1.165, 1.54) is 6.26 Å². The van der Waals surface area contributed by atoms with Gasteiger partial charge in [0, 0.05) is 18.4 Å². The summed E-state index contributed by atoms with van der Waals surface area (Å²) in [6.45, 7) is 1.56. The minimum absolute atomic E-state index is 0.219. The maximum Gasteiger partial charge on any atom is 0.272 e. The van der Waals surface area contributed by atoms with Crippen LogP contribution < -0.4 is 5.32 Å². The lowest BCUT2D eigenvalue weighted by atomic mass is 10.0. The predicted octanol–water partition coefficient (Wildman–Crippen LogP) is 1.81. The molecule has 1 N–H and O–H groups in total. The van der Waals surface area contributed by atoms with Gasteiger partial charge in [0.15, 0.2) is 9.84 Å². The van der Waals surface area contributed by atoms with Crippen molar-refractivity contribution in [1.29, 1.82) is 0 Å². The second-order valence-electron chi connectivity index (χ2n) is 7.96. The summed E-state index contributed by atoms with van der Waals surface area (Å²) in [5.41, 5.74) is 3.73. The van der Waals surface area contributed by atoms with Gasteiger partial charge in [-0.25, -0.2) is 18.1 Å². The van der Waals surface area contributed by atoms with Gasteiger partial charge in [-0.05, 0) is 37.5 Å². The monoisotopic (exact) mass is 441 g/mol. The number of aromatic nitrogens is 4. The van der Waals surface area contributed by atoms with Crippen LogP contribution in [0.15, 0.2) is 41.7 Å². The molecule has 9 nitrogen and oxygen atoms in total. The Morgan fingerprint density at radius 2 is 2.13 bits per heavy atom. The number of carbonyl (C=O) groups is 1. The zero-order chi connectivity index (χ0) is 21.6. The molecule has 31 heavy (non-hydrogen) atoms. The van der Waals surface area contributed by atoms with Crippen LogP contribution in [0, 0.1) is 0 Å². The van der Waals surface area contributed by atoms with E-state index in [-0.39, 0.29) is 16.8 Å². The number of aryl methyl sites for hydroxylation is 1. The van der Waals surface area contributed by atoms with Gasteiger partial charge in [-0.2, -0.15) is 5.10 Å². The van der Waals surface area contributed by atoms with E-state index < -0.39 is 9.84 Å². The van der Waals surface area contributed by atoms with E-state index in [4.69, 9.17) is 4.74 Å². The lowest BCUT2D eigenvalue weighted by Crippen LogP contribution is -2.35. The van der Waals surface area contributed by atoms with Gasteiger partial charge in [0.25, 0.3) is 5.91 Å². The van der Waals surface area contributed by atoms with Crippen molar-refractivity contribution < 1.29 is 17.9 Å². The van der Waals surface area contributed by atoms with Gasteiger partial charge in [-0.1, -0.05) is 6.07 Å². The molecular formula is C21H23N5O4S. The summed E-state index contributed by atoms with van der Waals surface area (Å²) < 4.78 is 33.3. The van der Waals surface area contributed by atoms with E-state index in [0.717, 1.165) is 42.8 Å². The summed E-state index contributed by atoms with van der Waals surface area (Å²) in [5.74, 6) is -0.219. The minimum Gasteiger partial charge on any atom is -0.373 e. The van der Waals surface area contributed by atoms with Crippen molar-refractivity contribution in [3.05, 3.63) is 59.4 Å². The summed E-state index contributed by atoms with van der Waals surface area (Å²) in [5, 5.41) is 7.49. The maximum atomic E-state index is 13.0. The lowest BCUT2D eigenvalue weighted by molar-refractivity contribution is 0.0684. The second-order valence-corrected chi connectivity index (χ2v) is 9.98. The summed E-state index contributed by atoms with van der Waals surface area (Å²) in [6, 6.07) is 6.26. The number of amides is 1. The number of sulfone groups is 1. The zero-order valence-electron chi connectivity index (χ0n) is 17.1. The first-order chi connectivity index (χ1) is 14.9. The fraction of sp³-hybridized carbons (Fsp3) is 0.381. The summed E-state index contributed by atoms with van der Waals surface area (Å²) in [6.07, 6.45) is 7.63. The van der Waals surface area contributed by atoms with Crippen LogP contribution in [0.25, 0.3) is 5.69 Å². The number of rotatable bonds is 4. The first kappa shape index (κ1) is 20.0. The first-order valence-corrected chi connectivity index (χ1v) is 12.1. The Balaban J connectivity index is 1.43. The molecule has 10 heteroatoms. The van der Waals surface area contributed by atoms with Crippen LogP contribution >= 0.6 is 0 Å². The molecule has 2 aliphatic rings. The van der Waals surface area contributed by atoms with Crippen LogP contribution in [0.4, 0.5) is 0 Å². The van der Waals surface area contributed by atoms with Crippen molar-refractivity contribution in [1.82, 2.24) is 24.6 Å². The molecule has 0 fully saturated rings. The van der Waals surface area contributed by atoms with Gasteiger partial charge >= 0.3 is 0 Å². The number of carbonyl (C=O) groups excluding carboxylic acids is 1. The fourth-order valence-corrected chi connectivity index (χ4v) is 4.89. The van der Waals surface area contributed by atoms with Crippen LogP contribution in [0.5, 0.6) is 0 Å². The van der Waals surface area contributed by atoms with Crippen LogP contribution in [0.1, 0.15) is 46.3 Å². The molecule has 162 valence electrons. The molecule has 0 spiro atoms. The average Bonchev–Trinajstić information content (AvgIpc) is 3.38. The summed E-state index contributed by atoms with van der Waals surface area (Å²) >= 11 is 0. The predicted molar refractivity (Wildman–Crippen MR) is 112 cm³/mol. The van der Waals surface area contributed by atoms with Crippen molar-refractivity contribution in [3.8, 4) is 5.69 Å². The van der Waals surface area contributed by atoms with E-state index in [0.29, 0.717) is 24.6 Å². The van der Waals surface area contributed by atoms with E-state index >= 15 is 0 Å². The first-order valence-electron chi connectivity index (χ1n) is 10.2. The van der Waals surface area contributed by atoms with Gasteiger partial charge in [-0.15, -0.1) is 0 Å². The molecule has 0 saturated carbocycles. The molecule has 5 rings (SSSR count). The Morgan fingerprint density at radius 1 is 1.26 bits per heavy atom. The topological polar surface area (TPSA) is 108 Å². The van der Waals surface area contributed by atoms with Crippen molar-refractivity contribution in [2.24, 2.45) is 0 Å². The molecule has 0 bridgehead atoms. The minimum atomic E-state index is -3.34. The Kier molecular flexibility index (Phi) is 4.90. The molecule has 0 unspecified atom stereocenters. The molecule has 0 saturated heterocycles. The maximum absolute atomic E-state index is 13.0. The van der Waals surface area contributed by atoms with E-state index in [2.05, 4.69) is 15.4 Å². The molecular weight excluding hydrogens is 418 g/mol. The highest BCUT2D eigenvalue weighted by Gasteiger charge is 2.29. The van der Waals surface area contributed by atoms with Gasteiger partial charge in [0.2, 0.25) is 0 Å². The molecule has 3 aromatic rings. The van der Waals surface area contributed by atoms with E-state index in [9.17, 15) is 13.2 Å². The lowest BCUT2D eigenvalue weighted by Gasteiger charge is -2.24. The van der Waals surface area contributed by atoms with Gasteiger partial charge in [-0.3, -0.25) is 4.79 Å². The molecule has 2 aliphatic heterocycles. The Hall–Kier alpha value is -2.98.